The summed E-state index contributed by atoms with van der Waals surface area (Å²) in [5, 5.41) is 9.32. The Morgan fingerprint density at radius 2 is 1.83 bits per heavy atom. The summed E-state index contributed by atoms with van der Waals surface area (Å²) < 4.78 is 27.0. The Bertz CT molecular complexity index is 1130. The third kappa shape index (κ3) is 5.19. The normalized spacial score (nSPS) is 11.6. The van der Waals surface area contributed by atoms with Crippen LogP contribution in [0.1, 0.15) is 23.1 Å². The number of hydrogen-bond donors (Lipinski definition) is 0. The lowest BCUT2D eigenvalue weighted by Gasteiger charge is -2.08. The Labute approximate surface area is 183 Å². The summed E-state index contributed by atoms with van der Waals surface area (Å²) in [6.07, 6.45) is 0. The van der Waals surface area contributed by atoms with Crippen molar-refractivity contribution in [2.75, 3.05) is 5.75 Å². The van der Waals surface area contributed by atoms with Gasteiger partial charge >= 0.3 is 0 Å². The van der Waals surface area contributed by atoms with Gasteiger partial charge in [-0.2, -0.15) is 0 Å². The van der Waals surface area contributed by atoms with Gasteiger partial charge in [-0.1, -0.05) is 53.2 Å². The number of hydrogen-bond acceptors (Lipinski definition) is 6. The molecule has 3 rings (SSSR count). The summed E-state index contributed by atoms with van der Waals surface area (Å²) in [7, 11) is -3.55. The number of ketones is 1. The van der Waals surface area contributed by atoms with E-state index in [0.29, 0.717) is 28.1 Å². The third-order valence-corrected chi connectivity index (χ3v) is 7.24. The van der Waals surface area contributed by atoms with Crippen molar-refractivity contribution >= 4 is 50.6 Å². The second-order valence-electron chi connectivity index (χ2n) is 6.05. The number of carbonyl (C=O) groups excluding carboxylic acids is 1. The fraction of sp³-hybridized carbons (Fsp3) is 0.211. The van der Waals surface area contributed by atoms with E-state index in [1.165, 1.54) is 17.8 Å². The van der Waals surface area contributed by atoms with Crippen LogP contribution in [0.25, 0.3) is 0 Å². The highest BCUT2D eigenvalue weighted by Crippen LogP contribution is 2.25. The first-order valence-corrected chi connectivity index (χ1v) is 12.0. The Morgan fingerprint density at radius 3 is 2.48 bits per heavy atom. The molecule has 10 heteroatoms. The van der Waals surface area contributed by atoms with E-state index in [1.54, 1.807) is 47.0 Å². The zero-order chi connectivity index (χ0) is 21.0. The van der Waals surface area contributed by atoms with E-state index >= 15 is 0 Å². The van der Waals surface area contributed by atoms with Gasteiger partial charge in [0.05, 0.1) is 15.7 Å². The minimum Gasteiger partial charge on any atom is -0.305 e. The molecule has 0 bridgehead atoms. The number of benzene rings is 2. The van der Waals surface area contributed by atoms with Crippen LogP contribution in [0.2, 0.25) is 10.0 Å². The van der Waals surface area contributed by atoms with Gasteiger partial charge in [-0.3, -0.25) is 4.79 Å². The molecule has 0 N–H and O–H groups in total. The summed E-state index contributed by atoms with van der Waals surface area (Å²) in [5.74, 6) is -0.0306. The molecule has 0 atom stereocenters. The van der Waals surface area contributed by atoms with Crippen molar-refractivity contribution in [3.05, 3.63) is 70.0 Å². The molecule has 0 aliphatic heterocycles. The van der Waals surface area contributed by atoms with E-state index < -0.39 is 9.84 Å². The molecule has 0 radical (unpaired) electrons. The van der Waals surface area contributed by atoms with Crippen LogP contribution >= 0.6 is 35.0 Å². The zero-order valence-electron chi connectivity index (χ0n) is 15.4. The smallest absolute Gasteiger partial charge is 0.191 e. The lowest BCUT2D eigenvalue weighted by atomic mass is 10.1. The minimum absolute atomic E-state index is 0.0882. The summed E-state index contributed by atoms with van der Waals surface area (Å²) in [6.45, 7) is 2.34. The van der Waals surface area contributed by atoms with E-state index in [2.05, 4.69) is 10.2 Å². The molecule has 6 nitrogen and oxygen atoms in total. The van der Waals surface area contributed by atoms with Crippen LogP contribution in [0.4, 0.5) is 0 Å². The largest absolute Gasteiger partial charge is 0.305 e. The summed E-state index contributed by atoms with van der Waals surface area (Å²) in [5.41, 5.74) is 0.373. The van der Waals surface area contributed by atoms with Crippen molar-refractivity contribution in [1.29, 1.82) is 0 Å². The van der Waals surface area contributed by atoms with Crippen molar-refractivity contribution in [3.63, 3.8) is 0 Å². The third-order valence-electron chi connectivity index (χ3n) is 4.10. The van der Waals surface area contributed by atoms with Crippen LogP contribution in [0.15, 0.2) is 58.6 Å². The Morgan fingerprint density at radius 1 is 1.10 bits per heavy atom. The minimum atomic E-state index is -3.55. The molecule has 1 heterocycles. The molecule has 0 unspecified atom stereocenters. The maximum absolute atomic E-state index is 12.6. The molecule has 0 spiro atoms. The highest BCUT2D eigenvalue weighted by atomic mass is 35.5. The van der Waals surface area contributed by atoms with E-state index in [9.17, 15) is 13.2 Å². The maximum atomic E-state index is 12.6. The fourth-order valence-corrected chi connectivity index (χ4v) is 5.37. The van der Waals surface area contributed by atoms with Gasteiger partial charge in [0.1, 0.15) is 11.6 Å². The molecule has 0 aliphatic rings. The standard InChI is InChI=1S/C19H17Cl2N3O3S2/c1-2-24-18(12-29(26,27)14-6-4-3-5-7-14)22-23-19(24)28-11-17(25)15-9-8-13(20)10-16(15)21/h3-10H,2,11-12H2,1H3. The number of carbonyl (C=O) groups is 1. The van der Waals surface area contributed by atoms with Crippen molar-refractivity contribution in [3.8, 4) is 0 Å². The number of aromatic nitrogens is 3. The molecule has 0 fully saturated rings. The molecular formula is C19H17Cl2N3O3S2. The van der Waals surface area contributed by atoms with Crippen molar-refractivity contribution in [2.45, 2.75) is 29.3 Å². The molecule has 0 saturated carbocycles. The SMILES string of the molecule is CCn1c(CS(=O)(=O)c2ccccc2)nnc1SCC(=O)c1ccc(Cl)cc1Cl. The first-order chi connectivity index (χ1) is 13.8. The molecular weight excluding hydrogens is 453 g/mol. The van der Waals surface area contributed by atoms with E-state index in [4.69, 9.17) is 23.2 Å². The Kier molecular flexibility index (Phi) is 7.00. The van der Waals surface area contributed by atoms with Gasteiger partial charge in [-0.15, -0.1) is 10.2 Å². The highest BCUT2D eigenvalue weighted by molar-refractivity contribution is 7.99. The number of rotatable bonds is 8. The number of halogens is 2. The quantitative estimate of drug-likeness (QED) is 0.355. The van der Waals surface area contributed by atoms with E-state index in [0.717, 1.165) is 0 Å². The van der Waals surface area contributed by atoms with Gasteiger partial charge in [0.2, 0.25) is 0 Å². The van der Waals surface area contributed by atoms with Crippen LogP contribution in [0.3, 0.4) is 0 Å². The zero-order valence-corrected chi connectivity index (χ0v) is 18.5. The molecule has 29 heavy (non-hydrogen) atoms. The molecule has 3 aromatic rings. The second-order valence-corrected chi connectivity index (χ2v) is 9.83. The number of nitrogens with zero attached hydrogens (tertiary/aromatic N) is 3. The van der Waals surface area contributed by atoms with Gasteiger partial charge < -0.3 is 4.57 Å². The van der Waals surface area contributed by atoms with Gasteiger partial charge in [0.25, 0.3) is 0 Å². The van der Waals surface area contributed by atoms with Crippen LogP contribution in [-0.2, 0) is 22.1 Å². The van der Waals surface area contributed by atoms with E-state index in [-0.39, 0.29) is 27.2 Å². The van der Waals surface area contributed by atoms with Crippen molar-refractivity contribution in [2.24, 2.45) is 0 Å². The van der Waals surface area contributed by atoms with Crippen LogP contribution in [0, 0.1) is 0 Å². The number of Topliss-reactive ketones (excluding diaryl/α,β-unsaturated/α-hetero) is 1. The average Bonchev–Trinajstić information content (AvgIpc) is 3.07. The molecule has 0 saturated heterocycles. The molecule has 1 aromatic heterocycles. The predicted molar refractivity (Wildman–Crippen MR) is 115 cm³/mol. The van der Waals surface area contributed by atoms with Gasteiger partial charge in [-0.05, 0) is 37.3 Å². The molecule has 0 aliphatic carbocycles. The summed E-state index contributed by atoms with van der Waals surface area (Å²) in [6, 6.07) is 12.9. The maximum Gasteiger partial charge on any atom is 0.191 e. The Hall–Kier alpha value is -1.87. The first-order valence-electron chi connectivity index (χ1n) is 8.62. The van der Waals surface area contributed by atoms with Gasteiger partial charge in [-0.25, -0.2) is 8.42 Å². The molecule has 0 amide bonds. The topological polar surface area (TPSA) is 81.9 Å². The van der Waals surface area contributed by atoms with Crippen molar-refractivity contribution < 1.29 is 13.2 Å². The fourth-order valence-electron chi connectivity index (χ4n) is 2.65. The van der Waals surface area contributed by atoms with Crippen LogP contribution in [0.5, 0.6) is 0 Å². The number of sulfone groups is 1. The lowest BCUT2D eigenvalue weighted by molar-refractivity contribution is 0.102. The molecule has 152 valence electrons. The average molecular weight is 470 g/mol. The van der Waals surface area contributed by atoms with Crippen LogP contribution in [-0.4, -0.2) is 34.7 Å². The first kappa shape index (κ1) is 21.8. The van der Waals surface area contributed by atoms with Gasteiger partial charge in [0.15, 0.2) is 20.8 Å². The van der Waals surface area contributed by atoms with Crippen LogP contribution < -0.4 is 0 Å². The summed E-state index contributed by atoms with van der Waals surface area (Å²) in [4.78, 5) is 12.7. The van der Waals surface area contributed by atoms with Crippen molar-refractivity contribution in [1.82, 2.24) is 14.8 Å². The molecule has 2 aromatic carbocycles. The number of thioether (sulfide) groups is 1. The summed E-state index contributed by atoms with van der Waals surface area (Å²) >= 11 is 13.1. The lowest BCUT2D eigenvalue weighted by Crippen LogP contribution is -2.11. The highest BCUT2D eigenvalue weighted by Gasteiger charge is 2.21. The second kappa shape index (κ2) is 9.30. The monoisotopic (exact) mass is 469 g/mol. The predicted octanol–water partition coefficient (Wildman–Crippen LogP) is 4.55. The van der Waals surface area contributed by atoms with Gasteiger partial charge in [0, 0.05) is 17.1 Å². The Balaban J connectivity index is 1.75. The van der Waals surface area contributed by atoms with E-state index in [1.807, 2.05) is 6.92 Å².